The topological polar surface area (TPSA) is 44.4 Å². The molecule has 4 nitrogen and oxygen atoms in total. The molecule has 2 N–H and O–H groups in total. The minimum atomic E-state index is 0.0395. The molecule has 2 saturated heterocycles. The summed E-state index contributed by atoms with van der Waals surface area (Å²) in [5.41, 5.74) is 0.911. The first-order chi connectivity index (χ1) is 9.29. The second kappa shape index (κ2) is 5.43. The normalized spacial score (nSPS) is 25.4. The molecular weight excluding hydrogens is 258 g/mol. The molecule has 2 aliphatic rings. The van der Waals surface area contributed by atoms with Crippen LogP contribution in [0.5, 0.6) is 0 Å². The van der Waals surface area contributed by atoms with Crippen molar-refractivity contribution in [3.63, 3.8) is 0 Å². The molecule has 0 aliphatic carbocycles. The Kier molecular flexibility index (Phi) is 3.66. The van der Waals surface area contributed by atoms with Crippen LogP contribution in [0.3, 0.4) is 0 Å². The van der Waals surface area contributed by atoms with Gasteiger partial charge in [0.15, 0.2) is 0 Å². The van der Waals surface area contributed by atoms with Gasteiger partial charge in [0.05, 0.1) is 5.69 Å². The standard InChI is InChI=1S/C14H19N3OS/c1-19-13-5-3-2-4-11(13)16-14(18)17-7-6-10-8-15-9-12(10)17/h2-5,10,12,15H,6-9H2,1H3,(H,16,18)/t10-,12+/m0/s1. The predicted molar refractivity (Wildman–Crippen MR) is 78.7 cm³/mol. The number of urea groups is 1. The number of para-hydroxylation sites is 1. The highest BCUT2D eigenvalue weighted by Gasteiger charge is 2.39. The lowest BCUT2D eigenvalue weighted by atomic mass is 10.1. The van der Waals surface area contributed by atoms with Crippen LogP contribution in [0.2, 0.25) is 0 Å². The van der Waals surface area contributed by atoms with Crippen LogP contribution in [0, 0.1) is 5.92 Å². The van der Waals surface area contributed by atoms with Crippen molar-refractivity contribution in [2.24, 2.45) is 5.92 Å². The van der Waals surface area contributed by atoms with Gasteiger partial charge < -0.3 is 15.5 Å². The molecule has 0 radical (unpaired) electrons. The van der Waals surface area contributed by atoms with Gasteiger partial charge in [0.2, 0.25) is 0 Å². The minimum absolute atomic E-state index is 0.0395. The lowest BCUT2D eigenvalue weighted by Crippen LogP contribution is -2.41. The highest BCUT2D eigenvalue weighted by atomic mass is 32.2. The maximum absolute atomic E-state index is 12.4. The summed E-state index contributed by atoms with van der Waals surface area (Å²) in [7, 11) is 0. The van der Waals surface area contributed by atoms with Gasteiger partial charge in [0.25, 0.3) is 0 Å². The molecule has 0 bridgehead atoms. The average Bonchev–Trinajstić information content (AvgIpc) is 3.01. The number of amides is 2. The highest BCUT2D eigenvalue weighted by molar-refractivity contribution is 7.98. The zero-order valence-electron chi connectivity index (χ0n) is 11.1. The summed E-state index contributed by atoms with van der Waals surface area (Å²) < 4.78 is 0. The van der Waals surface area contributed by atoms with Crippen LogP contribution < -0.4 is 10.6 Å². The molecule has 2 atom stereocenters. The number of benzene rings is 1. The first-order valence-electron chi connectivity index (χ1n) is 6.71. The number of anilines is 1. The van der Waals surface area contributed by atoms with E-state index < -0.39 is 0 Å². The molecule has 3 rings (SSSR count). The fraction of sp³-hybridized carbons (Fsp3) is 0.500. The van der Waals surface area contributed by atoms with Crippen molar-refractivity contribution in [3.05, 3.63) is 24.3 Å². The summed E-state index contributed by atoms with van der Waals surface area (Å²) in [4.78, 5) is 15.5. The highest BCUT2D eigenvalue weighted by Crippen LogP contribution is 2.29. The monoisotopic (exact) mass is 277 g/mol. The molecule has 2 fully saturated rings. The molecule has 0 saturated carbocycles. The zero-order chi connectivity index (χ0) is 13.2. The van der Waals surface area contributed by atoms with Gasteiger partial charge in [-0.25, -0.2) is 4.79 Å². The number of rotatable bonds is 2. The number of hydrogen-bond acceptors (Lipinski definition) is 3. The molecule has 2 aliphatic heterocycles. The molecular formula is C14H19N3OS. The summed E-state index contributed by atoms with van der Waals surface area (Å²) >= 11 is 1.65. The van der Waals surface area contributed by atoms with Crippen LogP contribution in [0.4, 0.5) is 10.5 Å². The lowest BCUT2D eigenvalue weighted by molar-refractivity contribution is 0.206. The Morgan fingerprint density at radius 3 is 3.11 bits per heavy atom. The van der Waals surface area contributed by atoms with Gasteiger partial charge >= 0.3 is 6.03 Å². The van der Waals surface area contributed by atoms with Crippen molar-refractivity contribution >= 4 is 23.5 Å². The van der Waals surface area contributed by atoms with Crippen LogP contribution in [0.15, 0.2) is 29.2 Å². The van der Waals surface area contributed by atoms with E-state index in [-0.39, 0.29) is 6.03 Å². The Morgan fingerprint density at radius 1 is 1.42 bits per heavy atom. The van der Waals surface area contributed by atoms with Crippen molar-refractivity contribution in [2.75, 3.05) is 31.2 Å². The SMILES string of the molecule is CSc1ccccc1NC(=O)N1CC[C@H]2CNC[C@H]21. The van der Waals surface area contributed by atoms with E-state index >= 15 is 0 Å². The van der Waals surface area contributed by atoms with Crippen LogP contribution >= 0.6 is 11.8 Å². The van der Waals surface area contributed by atoms with E-state index in [1.54, 1.807) is 11.8 Å². The number of nitrogens with one attached hydrogen (secondary N) is 2. The van der Waals surface area contributed by atoms with Crippen LogP contribution in [0.1, 0.15) is 6.42 Å². The van der Waals surface area contributed by atoms with Gasteiger partial charge in [0.1, 0.15) is 0 Å². The molecule has 102 valence electrons. The molecule has 19 heavy (non-hydrogen) atoms. The maximum atomic E-state index is 12.4. The molecule has 1 aromatic rings. The Labute approximate surface area is 117 Å². The number of likely N-dealkylation sites (tertiary alicyclic amines) is 1. The lowest BCUT2D eigenvalue weighted by Gasteiger charge is -2.24. The van der Waals surface area contributed by atoms with Crippen molar-refractivity contribution in [1.29, 1.82) is 0 Å². The fourth-order valence-electron chi connectivity index (χ4n) is 3.04. The predicted octanol–water partition coefficient (Wildman–Crippen LogP) is 2.23. The second-order valence-corrected chi connectivity index (χ2v) is 5.95. The third-order valence-electron chi connectivity index (χ3n) is 4.05. The third-order valence-corrected chi connectivity index (χ3v) is 4.85. The summed E-state index contributed by atoms with van der Waals surface area (Å²) in [5, 5.41) is 6.42. The number of carbonyl (C=O) groups excluding carboxylic acids is 1. The fourth-order valence-corrected chi connectivity index (χ4v) is 3.59. The summed E-state index contributed by atoms with van der Waals surface area (Å²) in [5.74, 6) is 0.640. The number of fused-ring (bicyclic) bond motifs is 1. The first kappa shape index (κ1) is 12.8. The van der Waals surface area contributed by atoms with E-state index in [4.69, 9.17) is 0 Å². The van der Waals surface area contributed by atoms with Crippen molar-refractivity contribution in [3.8, 4) is 0 Å². The summed E-state index contributed by atoms with van der Waals surface area (Å²) in [6, 6.07) is 8.36. The smallest absolute Gasteiger partial charge is 0.320 e. The Morgan fingerprint density at radius 2 is 2.26 bits per heavy atom. The Hall–Kier alpha value is -1.20. The van der Waals surface area contributed by atoms with Gasteiger partial charge in [-0.3, -0.25) is 0 Å². The van der Waals surface area contributed by atoms with Gasteiger partial charge in [-0.2, -0.15) is 0 Å². The van der Waals surface area contributed by atoms with Gasteiger partial charge in [-0.15, -0.1) is 11.8 Å². The first-order valence-corrected chi connectivity index (χ1v) is 7.93. The number of hydrogen-bond donors (Lipinski definition) is 2. The van der Waals surface area contributed by atoms with Crippen LogP contribution in [-0.4, -0.2) is 42.9 Å². The number of carbonyl (C=O) groups is 1. The average molecular weight is 277 g/mol. The molecule has 0 spiro atoms. The number of thioether (sulfide) groups is 1. The second-order valence-electron chi connectivity index (χ2n) is 5.10. The summed E-state index contributed by atoms with van der Waals surface area (Å²) in [6.45, 7) is 2.86. The molecule has 2 heterocycles. The van der Waals surface area contributed by atoms with Gasteiger partial charge in [0, 0.05) is 30.6 Å². The van der Waals surface area contributed by atoms with Crippen molar-refractivity contribution in [1.82, 2.24) is 10.2 Å². The minimum Gasteiger partial charge on any atom is -0.320 e. The third kappa shape index (κ3) is 2.44. The molecule has 2 amide bonds. The van der Waals surface area contributed by atoms with Crippen LogP contribution in [-0.2, 0) is 0 Å². The Bertz CT molecular complexity index is 480. The van der Waals surface area contributed by atoms with Crippen molar-refractivity contribution in [2.45, 2.75) is 17.4 Å². The van der Waals surface area contributed by atoms with E-state index in [0.29, 0.717) is 12.0 Å². The van der Waals surface area contributed by atoms with Gasteiger partial charge in [-0.05, 0) is 30.7 Å². The molecule has 1 aromatic carbocycles. The van der Waals surface area contributed by atoms with E-state index in [0.717, 1.165) is 36.6 Å². The number of nitrogens with zero attached hydrogens (tertiary/aromatic N) is 1. The van der Waals surface area contributed by atoms with E-state index in [1.165, 1.54) is 0 Å². The van der Waals surface area contributed by atoms with Crippen LogP contribution in [0.25, 0.3) is 0 Å². The molecule has 0 aromatic heterocycles. The van der Waals surface area contributed by atoms with Gasteiger partial charge in [-0.1, -0.05) is 12.1 Å². The quantitative estimate of drug-likeness (QED) is 0.815. The van der Waals surface area contributed by atoms with E-state index in [1.807, 2.05) is 35.4 Å². The van der Waals surface area contributed by atoms with E-state index in [9.17, 15) is 4.79 Å². The maximum Gasteiger partial charge on any atom is 0.322 e. The largest absolute Gasteiger partial charge is 0.322 e. The summed E-state index contributed by atoms with van der Waals surface area (Å²) in [6.07, 6.45) is 3.15. The molecule has 5 heteroatoms. The zero-order valence-corrected chi connectivity index (χ0v) is 11.9. The Balaban J connectivity index is 1.71. The van der Waals surface area contributed by atoms with E-state index in [2.05, 4.69) is 10.6 Å². The molecule has 0 unspecified atom stereocenters. The van der Waals surface area contributed by atoms with Crippen molar-refractivity contribution < 1.29 is 4.79 Å².